The van der Waals surface area contributed by atoms with E-state index in [-0.39, 0.29) is 11.7 Å². The highest BCUT2D eigenvalue weighted by atomic mass is 79.9. The number of tetrazole rings is 1. The number of amides is 1. The van der Waals surface area contributed by atoms with Crippen LogP contribution in [0.3, 0.4) is 0 Å². The molecule has 3 rings (SSSR count). The van der Waals surface area contributed by atoms with Gasteiger partial charge < -0.3 is 5.32 Å². The number of aromatic nitrogens is 4. The molecule has 1 N–H and O–H groups in total. The van der Waals surface area contributed by atoms with E-state index in [0.29, 0.717) is 5.16 Å². The summed E-state index contributed by atoms with van der Waals surface area (Å²) in [6, 6.07) is 13.4. The predicted octanol–water partition coefficient (Wildman–Crippen LogP) is 3.77. The van der Waals surface area contributed by atoms with Crippen LogP contribution in [0.15, 0.2) is 52.1 Å². The summed E-state index contributed by atoms with van der Waals surface area (Å²) in [5.74, 6) is 0.115. The van der Waals surface area contributed by atoms with E-state index < -0.39 is 0 Å². The van der Waals surface area contributed by atoms with E-state index in [9.17, 15) is 4.79 Å². The lowest BCUT2D eigenvalue weighted by Crippen LogP contribution is -2.14. The Bertz CT molecular complexity index is 894. The van der Waals surface area contributed by atoms with Crippen LogP contribution in [0, 0.1) is 13.8 Å². The molecule has 3 aromatic rings. The summed E-state index contributed by atoms with van der Waals surface area (Å²) in [4.78, 5) is 12.1. The van der Waals surface area contributed by atoms with Crippen molar-refractivity contribution in [2.24, 2.45) is 0 Å². The number of benzene rings is 2. The monoisotopic (exact) mass is 417 g/mol. The Balaban J connectivity index is 1.68. The third kappa shape index (κ3) is 4.26. The van der Waals surface area contributed by atoms with Gasteiger partial charge in [-0.25, -0.2) is 0 Å². The standard InChI is InChI=1S/C17H16BrN5OS/c1-11-4-3-5-15(12(11)2)23-17(20-21-22-23)25-10-16(24)19-14-8-6-13(18)7-9-14/h3-9H,10H2,1-2H3,(H,19,24). The fourth-order valence-electron chi connectivity index (χ4n) is 2.25. The molecule has 8 heteroatoms. The number of carbonyl (C=O) groups excluding carboxylic acids is 1. The second-order valence-corrected chi connectivity index (χ2v) is 7.29. The number of halogens is 1. The molecule has 0 unspecified atom stereocenters. The molecule has 0 bridgehead atoms. The van der Waals surface area contributed by atoms with Crippen LogP contribution >= 0.6 is 27.7 Å². The number of nitrogens with one attached hydrogen (secondary N) is 1. The topological polar surface area (TPSA) is 72.7 Å². The number of anilines is 1. The van der Waals surface area contributed by atoms with E-state index in [2.05, 4.69) is 36.8 Å². The SMILES string of the molecule is Cc1cccc(-n2nnnc2SCC(=O)Nc2ccc(Br)cc2)c1C. The van der Waals surface area contributed by atoms with Crippen LogP contribution in [-0.2, 0) is 4.79 Å². The van der Waals surface area contributed by atoms with E-state index in [4.69, 9.17) is 0 Å². The minimum atomic E-state index is -0.108. The zero-order chi connectivity index (χ0) is 17.8. The average Bonchev–Trinajstić information content (AvgIpc) is 3.06. The van der Waals surface area contributed by atoms with Crippen LogP contribution in [-0.4, -0.2) is 31.9 Å². The largest absolute Gasteiger partial charge is 0.325 e. The van der Waals surface area contributed by atoms with Gasteiger partial charge in [0.15, 0.2) is 0 Å². The number of hydrogen-bond donors (Lipinski definition) is 1. The van der Waals surface area contributed by atoms with Gasteiger partial charge in [-0.2, -0.15) is 4.68 Å². The first-order valence-corrected chi connectivity index (χ1v) is 9.35. The molecule has 1 heterocycles. The first kappa shape index (κ1) is 17.6. The zero-order valence-electron chi connectivity index (χ0n) is 13.7. The molecule has 0 aliphatic heterocycles. The Kier molecular flexibility index (Phi) is 5.50. The third-order valence-electron chi connectivity index (χ3n) is 3.71. The van der Waals surface area contributed by atoms with Gasteiger partial charge in [-0.3, -0.25) is 4.79 Å². The molecule has 25 heavy (non-hydrogen) atoms. The van der Waals surface area contributed by atoms with Crippen molar-refractivity contribution < 1.29 is 4.79 Å². The van der Waals surface area contributed by atoms with Gasteiger partial charge in [0.25, 0.3) is 0 Å². The van der Waals surface area contributed by atoms with E-state index in [0.717, 1.165) is 27.0 Å². The molecule has 0 saturated carbocycles. The highest BCUT2D eigenvalue weighted by molar-refractivity contribution is 9.10. The fourth-order valence-corrected chi connectivity index (χ4v) is 3.19. The molecule has 0 atom stereocenters. The summed E-state index contributed by atoms with van der Waals surface area (Å²) in [6.45, 7) is 4.07. The van der Waals surface area contributed by atoms with E-state index in [1.165, 1.54) is 11.8 Å². The highest BCUT2D eigenvalue weighted by Crippen LogP contribution is 2.22. The van der Waals surface area contributed by atoms with Crippen LogP contribution in [0.2, 0.25) is 0 Å². The van der Waals surface area contributed by atoms with Gasteiger partial charge in [-0.05, 0) is 65.7 Å². The molecule has 128 valence electrons. The third-order valence-corrected chi connectivity index (χ3v) is 5.15. The lowest BCUT2D eigenvalue weighted by molar-refractivity contribution is -0.113. The Morgan fingerprint density at radius 1 is 1.20 bits per heavy atom. The Morgan fingerprint density at radius 2 is 1.96 bits per heavy atom. The minimum absolute atomic E-state index is 0.108. The van der Waals surface area contributed by atoms with Gasteiger partial charge in [0.05, 0.1) is 11.4 Å². The molecule has 0 radical (unpaired) electrons. The van der Waals surface area contributed by atoms with E-state index in [1.807, 2.05) is 56.3 Å². The second-order valence-electron chi connectivity index (χ2n) is 5.44. The molecule has 0 aliphatic carbocycles. The number of thioether (sulfide) groups is 1. The molecular formula is C17H16BrN5OS. The number of carbonyl (C=O) groups is 1. The maximum absolute atomic E-state index is 12.1. The normalized spacial score (nSPS) is 10.7. The fraction of sp³-hybridized carbons (Fsp3) is 0.176. The van der Waals surface area contributed by atoms with Gasteiger partial charge in [-0.1, -0.05) is 39.8 Å². The number of nitrogens with zero attached hydrogens (tertiary/aromatic N) is 4. The quantitative estimate of drug-likeness (QED) is 0.639. The predicted molar refractivity (Wildman–Crippen MR) is 102 cm³/mol. The Labute approximate surface area is 158 Å². The average molecular weight is 418 g/mol. The van der Waals surface area contributed by atoms with Crippen LogP contribution in [0.5, 0.6) is 0 Å². The maximum Gasteiger partial charge on any atom is 0.234 e. The van der Waals surface area contributed by atoms with Crippen LogP contribution < -0.4 is 5.32 Å². The number of aryl methyl sites for hydroxylation is 1. The molecule has 1 amide bonds. The highest BCUT2D eigenvalue weighted by Gasteiger charge is 2.13. The summed E-state index contributed by atoms with van der Waals surface area (Å²) in [6.07, 6.45) is 0. The zero-order valence-corrected chi connectivity index (χ0v) is 16.1. The maximum atomic E-state index is 12.1. The van der Waals surface area contributed by atoms with Gasteiger partial charge in [0, 0.05) is 10.2 Å². The van der Waals surface area contributed by atoms with Crippen LogP contribution in [0.4, 0.5) is 5.69 Å². The molecular weight excluding hydrogens is 402 g/mol. The Morgan fingerprint density at radius 3 is 2.72 bits per heavy atom. The van der Waals surface area contributed by atoms with Crippen molar-refractivity contribution in [1.82, 2.24) is 20.2 Å². The van der Waals surface area contributed by atoms with E-state index >= 15 is 0 Å². The number of rotatable bonds is 5. The summed E-state index contributed by atoms with van der Waals surface area (Å²) >= 11 is 4.67. The first-order valence-electron chi connectivity index (χ1n) is 7.58. The number of hydrogen-bond acceptors (Lipinski definition) is 5. The molecule has 0 spiro atoms. The van der Waals surface area contributed by atoms with Crippen LogP contribution in [0.25, 0.3) is 5.69 Å². The molecule has 0 aliphatic rings. The second kappa shape index (κ2) is 7.79. The molecule has 0 saturated heterocycles. The smallest absolute Gasteiger partial charge is 0.234 e. The van der Waals surface area contributed by atoms with E-state index in [1.54, 1.807) is 4.68 Å². The first-order chi connectivity index (χ1) is 12.0. The summed E-state index contributed by atoms with van der Waals surface area (Å²) in [5, 5.41) is 15.3. The van der Waals surface area contributed by atoms with Crippen molar-refractivity contribution in [3.05, 3.63) is 58.1 Å². The lowest BCUT2D eigenvalue weighted by Gasteiger charge is -2.09. The van der Waals surface area contributed by atoms with Crippen molar-refractivity contribution in [2.45, 2.75) is 19.0 Å². The van der Waals surface area contributed by atoms with Gasteiger partial charge >= 0.3 is 0 Å². The van der Waals surface area contributed by atoms with Crippen molar-refractivity contribution in [1.29, 1.82) is 0 Å². The lowest BCUT2D eigenvalue weighted by atomic mass is 10.1. The van der Waals surface area contributed by atoms with Gasteiger partial charge in [-0.15, -0.1) is 5.10 Å². The summed E-state index contributed by atoms with van der Waals surface area (Å²) < 4.78 is 2.63. The van der Waals surface area contributed by atoms with Gasteiger partial charge in [0.2, 0.25) is 11.1 Å². The molecule has 0 fully saturated rings. The molecule has 2 aromatic carbocycles. The minimum Gasteiger partial charge on any atom is -0.325 e. The van der Waals surface area contributed by atoms with Gasteiger partial charge in [0.1, 0.15) is 0 Å². The van der Waals surface area contributed by atoms with Crippen molar-refractivity contribution in [3.8, 4) is 5.69 Å². The molecule has 1 aromatic heterocycles. The van der Waals surface area contributed by atoms with Crippen molar-refractivity contribution >= 4 is 39.3 Å². The molecule has 6 nitrogen and oxygen atoms in total. The summed E-state index contributed by atoms with van der Waals surface area (Å²) in [7, 11) is 0. The Hall–Kier alpha value is -2.19. The summed E-state index contributed by atoms with van der Waals surface area (Å²) in [5.41, 5.74) is 3.94. The van der Waals surface area contributed by atoms with Crippen LogP contribution in [0.1, 0.15) is 11.1 Å². The van der Waals surface area contributed by atoms with Crippen molar-refractivity contribution in [2.75, 3.05) is 11.1 Å². The van der Waals surface area contributed by atoms with Crippen molar-refractivity contribution in [3.63, 3.8) is 0 Å².